The van der Waals surface area contributed by atoms with Crippen molar-refractivity contribution < 1.29 is 28.4 Å². The molecule has 1 atom stereocenters. The van der Waals surface area contributed by atoms with Crippen molar-refractivity contribution in [1.82, 2.24) is 0 Å². The summed E-state index contributed by atoms with van der Waals surface area (Å²) in [6.07, 6.45) is 1.68. The molecule has 0 rings (SSSR count). The van der Waals surface area contributed by atoms with Crippen molar-refractivity contribution in [2.75, 3.05) is 32.6 Å². The van der Waals surface area contributed by atoms with Crippen molar-refractivity contribution in [3.8, 4) is 0 Å². The van der Waals surface area contributed by atoms with Gasteiger partial charge in [-0.25, -0.2) is 0 Å². The van der Waals surface area contributed by atoms with E-state index < -0.39 is 13.6 Å². The van der Waals surface area contributed by atoms with E-state index in [1.54, 1.807) is 19.9 Å². The minimum atomic E-state index is -3.16. The van der Waals surface area contributed by atoms with Crippen molar-refractivity contribution in [3.05, 3.63) is 12.7 Å². The van der Waals surface area contributed by atoms with Gasteiger partial charge in [-0.15, -0.1) is 0 Å². The fraction of sp³-hybridized carbons (Fsp3) is 0.727. The summed E-state index contributed by atoms with van der Waals surface area (Å²) in [6.45, 7) is 8.45. The normalized spacial score (nSPS) is 13.2. The van der Waals surface area contributed by atoms with Crippen LogP contribution in [0.5, 0.6) is 0 Å². The van der Waals surface area contributed by atoms with Gasteiger partial charge >= 0.3 is 7.60 Å². The lowest BCUT2D eigenvalue weighted by molar-refractivity contribution is -0.882. The molecule has 0 aliphatic carbocycles. The molecule has 0 bridgehead atoms. The lowest BCUT2D eigenvalue weighted by Gasteiger charge is -2.23. The van der Waals surface area contributed by atoms with Crippen molar-refractivity contribution in [3.63, 3.8) is 0 Å². The topological polar surface area (TPSA) is 80.1 Å². The zero-order valence-electron chi connectivity index (χ0n) is 11.0. The Morgan fingerprint density at radius 2 is 1.94 bits per heavy atom. The molecule has 106 valence electrons. The maximum absolute atomic E-state index is 12.3. The molecule has 6 nitrogen and oxygen atoms in total. The molecule has 0 aromatic rings. The van der Waals surface area contributed by atoms with E-state index in [0.717, 1.165) is 4.90 Å². The summed E-state index contributed by atoms with van der Waals surface area (Å²) >= 11 is 0. The third-order valence-corrected chi connectivity index (χ3v) is 4.32. The first-order chi connectivity index (χ1) is 8.47. The zero-order chi connectivity index (χ0) is 14.0. The van der Waals surface area contributed by atoms with Crippen molar-refractivity contribution >= 4 is 13.6 Å². The monoisotopic (exact) mass is 279 g/mol. The molecule has 0 spiro atoms. The summed E-state index contributed by atoms with van der Waals surface area (Å²) in [4.78, 5) is 11.2. The molecule has 0 saturated carbocycles. The SMILES string of the molecule is C=CC[NH+](CCC(=O)[O-])CP(=O)(OCC)OCC. The molecule has 7 heteroatoms. The van der Waals surface area contributed by atoms with Crippen LogP contribution in [0.2, 0.25) is 0 Å². The number of carbonyl (C=O) groups excluding carboxylic acids is 1. The predicted octanol–water partition coefficient (Wildman–Crippen LogP) is -0.579. The van der Waals surface area contributed by atoms with Crippen LogP contribution in [0.3, 0.4) is 0 Å². The van der Waals surface area contributed by atoms with Gasteiger partial charge in [0.05, 0.1) is 26.3 Å². The molecule has 0 aliphatic rings. The largest absolute Gasteiger partial charge is 0.550 e. The molecular weight excluding hydrogens is 257 g/mol. The number of aliphatic carboxylic acids is 1. The zero-order valence-corrected chi connectivity index (χ0v) is 11.9. The maximum Gasteiger partial charge on any atom is 0.384 e. The first-order valence-electron chi connectivity index (χ1n) is 5.99. The van der Waals surface area contributed by atoms with E-state index in [1.807, 2.05) is 0 Å². The van der Waals surface area contributed by atoms with Gasteiger partial charge in [-0.1, -0.05) is 6.58 Å². The van der Waals surface area contributed by atoms with E-state index >= 15 is 0 Å². The van der Waals surface area contributed by atoms with Gasteiger partial charge in [0.25, 0.3) is 0 Å². The van der Waals surface area contributed by atoms with Crippen molar-refractivity contribution in [2.24, 2.45) is 0 Å². The minimum Gasteiger partial charge on any atom is -0.550 e. The molecule has 0 aliphatic heterocycles. The molecule has 0 saturated heterocycles. The van der Waals surface area contributed by atoms with Crippen LogP contribution in [0.15, 0.2) is 12.7 Å². The quantitative estimate of drug-likeness (QED) is 0.404. The smallest absolute Gasteiger partial charge is 0.384 e. The van der Waals surface area contributed by atoms with Crippen molar-refractivity contribution in [2.45, 2.75) is 20.3 Å². The summed E-state index contributed by atoms with van der Waals surface area (Å²) in [6, 6.07) is 0. The number of rotatable bonds is 11. The van der Waals surface area contributed by atoms with Gasteiger partial charge in [0.15, 0.2) is 6.29 Å². The second-order valence-electron chi connectivity index (χ2n) is 3.72. The highest BCUT2D eigenvalue weighted by molar-refractivity contribution is 7.53. The Kier molecular flexibility index (Phi) is 8.93. The van der Waals surface area contributed by atoms with E-state index in [1.165, 1.54) is 0 Å². The van der Waals surface area contributed by atoms with E-state index in [2.05, 4.69) is 6.58 Å². The van der Waals surface area contributed by atoms with Crippen LogP contribution < -0.4 is 10.0 Å². The Hall–Kier alpha value is -0.680. The van der Waals surface area contributed by atoms with Gasteiger partial charge in [0.1, 0.15) is 0 Å². The molecule has 1 N–H and O–H groups in total. The summed E-state index contributed by atoms with van der Waals surface area (Å²) in [5, 5.41) is 10.4. The molecular formula is C11H22NO5P. The third kappa shape index (κ3) is 7.61. The standard InChI is InChI=1S/C11H22NO5P/c1-4-8-12(9-7-11(13)14)10-18(15,16-5-2)17-6-3/h4H,1,5-10H2,2-3H3,(H,13,14). The van der Waals surface area contributed by atoms with Gasteiger partial charge in [-0.3, -0.25) is 4.57 Å². The summed E-state index contributed by atoms with van der Waals surface area (Å²) in [5.41, 5.74) is 0. The van der Waals surface area contributed by atoms with E-state index in [0.29, 0.717) is 26.3 Å². The van der Waals surface area contributed by atoms with Gasteiger partial charge in [-0.2, -0.15) is 0 Å². The Labute approximate surface area is 108 Å². The Balaban J connectivity index is 4.53. The second kappa shape index (κ2) is 9.28. The predicted molar refractivity (Wildman–Crippen MR) is 66.2 cm³/mol. The van der Waals surface area contributed by atoms with E-state index in [9.17, 15) is 14.5 Å². The number of quaternary nitrogens is 1. The van der Waals surface area contributed by atoms with Crippen LogP contribution in [-0.2, 0) is 18.4 Å². The third-order valence-electron chi connectivity index (χ3n) is 2.18. The Bertz CT molecular complexity index is 298. The molecule has 18 heavy (non-hydrogen) atoms. The van der Waals surface area contributed by atoms with E-state index in [4.69, 9.17) is 9.05 Å². The maximum atomic E-state index is 12.3. The molecule has 1 unspecified atom stereocenters. The Morgan fingerprint density at radius 1 is 1.39 bits per heavy atom. The molecule has 0 aromatic carbocycles. The lowest BCUT2D eigenvalue weighted by Crippen LogP contribution is -3.11. The Morgan fingerprint density at radius 3 is 2.33 bits per heavy atom. The van der Waals surface area contributed by atoms with Crippen LogP contribution in [0.4, 0.5) is 0 Å². The first-order valence-corrected chi connectivity index (χ1v) is 7.72. The highest BCUT2D eigenvalue weighted by Crippen LogP contribution is 2.45. The van der Waals surface area contributed by atoms with Crippen LogP contribution in [0.25, 0.3) is 0 Å². The molecule has 0 amide bonds. The fourth-order valence-electron chi connectivity index (χ4n) is 1.52. The number of carbonyl (C=O) groups is 1. The van der Waals surface area contributed by atoms with Gasteiger partial charge in [0.2, 0.25) is 0 Å². The minimum absolute atomic E-state index is 0.0958. The first kappa shape index (κ1) is 17.3. The number of carboxylic acids is 1. The van der Waals surface area contributed by atoms with E-state index in [-0.39, 0.29) is 12.7 Å². The van der Waals surface area contributed by atoms with Gasteiger partial charge in [-0.05, 0) is 19.9 Å². The molecule has 0 fully saturated rings. The lowest BCUT2D eigenvalue weighted by atomic mass is 10.4. The number of carboxylic acid groups (broad SMARTS) is 1. The molecule has 0 radical (unpaired) electrons. The fourth-order valence-corrected chi connectivity index (χ4v) is 3.40. The summed E-state index contributed by atoms with van der Waals surface area (Å²) in [5.74, 6) is -1.13. The van der Waals surface area contributed by atoms with Crippen LogP contribution in [0.1, 0.15) is 20.3 Å². The number of nitrogens with one attached hydrogen (secondary N) is 1. The second-order valence-corrected chi connectivity index (χ2v) is 5.77. The van der Waals surface area contributed by atoms with Crippen LogP contribution in [-0.4, -0.2) is 38.6 Å². The van der Waals surface area contributed by atoms with Gasteiger partial charge in [0, 0.05) is 12.4 Å². The number of hydrogen-bond acceptors (Lipinski definition) is 5. The van der Waals surface area contributed by atoms with Crippen molar-refractivity contribution in [1.29, 1.82) is 0 Å². The highest BCUT2D eigenvalue weighted by atomic mass is 31.2. The highest BCUT2D eigenvalue weighted by Gasteiger charge is 2.29. The molecule has 0 aromatic heterocycles. The average Bonchev–Trinajstić information content (AvgIpc) is 2.26. The average molecular weight is 279 g/mol. The number of hydrogen-bond donors (Lipinski definition) is 1. The summed E-state index contributed by atoms with van der Waals surface area (Å²) < 4.78 is 22.6. The molecule has 0 heterocycles. The van der Waals surface area contributed by atoms with Crippen LogP contribution in [0, 0.1) is 0 Å². The van der Waals surface area contributed by atoms with Gasteiger partial charge < -0.3 is 23.8 Å². The van der Waals surface area contributed by atoms with Crippen LogP contribution >= 0.6 is 7.60 Å². The summed E-state index contributed by atoms with van der Waals surface area (Å²) in [7, 11) is -3.16.